The maximum absolute atomic E-state index is 15.2. The van der Waals surface area contributed by atoms with Crippen LogP contribution in [0.3, 0.4) is 0 Å². The van der Waals surface area contributed by atoms with Crippen molar-refractivity contribution in [2.75, 3.05) is 4.90 Å². The minimum atomic E-state index is -1.35. The smallest absolute Gasteiger partial charge is 0.246 e. The molecular formula is C40H33ClN2O5. The van der Waals surface area contributed by atoms with E-state index in [4.69, 9.17) is 11.6 Å². The van der Waals surface area contributed by atoms with Gasteiger partial charge in [-0.15, -0.1) is 0 Å². The molecule has 4 aromatic carbocycles. The number of likely N-dealkylation sites (tertiary alicyclic amines) is 1. The number of halogens is 1. The van der Waals surface area contributed by atoms with Gasteiger partial charge in [0.05, 0.1) is 35.4 Å². The summed E-state index contributed by atoms with van der Waals surface area (Å²) in [6.45, 7) is 1.99. The van der Waals surface area contributed by atoms with Crippen LogP contribution in [0.4, 0.5) is 5.69 Å². The molecule has 2 aliphatic heterocycles. The average molecular weight is 657 g/mol. The Morgan fingerprint density at radius 3 is 2.25 bits per heavy atom. The quantitative estimate of drug-likeness (QED) is 0.190. The van der Waals surface area contributed by atoms with Gasteiger partial charge in [-0.25, -0.2) is 4.90 Å². The lowest BCUT2D eigenvalue weighted by molar-refractivity contribution is -0.141. The van der Waals surface area contributed by atoms with E-state index < -0.39 is 35.0 Å². The van der Waals surface area contributed by atoms with Crippen molar-refractivity contribution in [3.05, 3.63) is 142 Å². The highest BCUT2D eigenvalue weighted by atomic mass is 35.5. The number of carbonyl (C=O) groups is 4. The predicted molar refractivity (Wildman–Crippen MR) is 181 cm³/mol. The van der Waals surface area contributed by atoms with Gasteiger partial charge < -0.3 is 5.11 Å². The molecule has 0 radical (unpaired) electrons. The minimum Gasteiger partial charge on any atom is -0.508 e. The summed E-state index contributed by atoms with van der Waals surface area (Å²) in [5.41, 5.74) is 2.89. The van der Waals surface area contributed by atoms with Crippen molar-refractivity contribution in [3.63, 3.8) is 0 Å². The number of phenols is 1. The zero-order valence-electron chi connectivity index (χ0n) is 26.3. The van der Waals surface area contributed by atoms with Crippen LogP contribution in [0, 0.1) is 30.6 Å². The molecule has 240 valence electrons. The molecule has 1 saturated carbocycles. The van der Waals surface area contributed by atoms with E-state index in [1.54, 1.807) is 37.3 Å². The van der Waals surface area contributed by atoms with E-state index in [1.807, 2.05) is 72.8 Å². The summed E-state index contributed by atoms with van der Waals surface area (Å²) in [5.74, 6) is -4.15. The number of phenolic OH excluding ortho intramolecular Hbond substituents is 1. The third-order valence-corrected chi connectivity index (χ3v) is 11.2. The maximum atomic E-state index is 15.2. The number of aryl methyl sites for hydroxylation is 1. The number of hydrogen-bond acceptors (Lipinski definition) is 5. The number of anilines is 1. The second-order valence-corrected chi connectivity index (χ2v) is 13.8. The van der Waals surface area contributed by atoms with Crippen LogP contribution in [0.5, 0.6) is 5.75 Å². The van der Waals surface area contributed by atoms with E-state index in [0.29, 0.717) is 28.3 Å². The zero-order valence-corrected chi connectivity index (χ0v) is 27.0. The molecule has 0 spiro atoms. The lowest BCUT2D eigenvalue weighted by Crippen LogP contribution is -2.53. The number of hydrogen-bond donors (Lipinski definition) is 1. The second-order valence-electron chi connectivity index (χ2n) is 13.4. The molecule has 6 atom stereocenters. The molecule has 2 saturated heterocycles. The molecule has 4 amide bonds. The third-order valence-electron chi connectivity index (χ3n) is 11.0. The van der Waals surface area contributed by atoms with Gasteiger partial charge >= 0.3 is 0 Å². The van der Waals surface area contributed by atoms with Crippen molar-refractivity contribution >= 4 is 40.9 Å². The highest BCUT2D eigenvalue weighted by Gasteiger charge is 2.70. The first kappa shape index (κ1) is 30.3. The van der Waals surface area contributed by atoms with Crippen molar-refractivity contribution in [2.45, 2.75) is 37.6 Å². The van der Waals surface area contributed by atoms with Gasteiger partial charge in [0, 0.05) is 10.9 Å². The highest BCUT2D eigenvalue weighted by Crippen LogP contribution is 2.64. The average Bonchev–Trinajstić information content (AvgIpc) is 3.47. The Morgan fingerprint density at radius 1 is 0.812 bits per heavy atom. The fourth-order valence-corrected chi connectivity index (χ4v) is 9.15. The molecular weight excluding hydrogens is 624 g/mol. The molecule has 48 heavy (non-hydrogen) atoms. The zero-order chi connectivity index (χ0) is 33.3. The van der Waals surface area contributed by atoms with E-state index >= 15 is 4.79 Å². The van der Waals surface area contributed by atoms with Crippen molar-refractivity contribution in [1.82, 2.24) is 4.90 Å². The molecule has 7 nitrogen and oxygen atoms in total. The molecule has 8 rings (SSSR count). The fraction of sp³-hybridized carbons (Fsp3) is 0.250. The predicted octanol–water partition coefficient (Wildman–Crippen LogP) is 6.72. The Labute approximate surface area is 283 Å². The number of nitrogens with zero attached hydrogens (tertiary/aromatic N) is 2. The highest BCUT2D eigenvalue weighted by molar-refractivity contribution is 6.32. The van der Waals surface area contributed by atoms with Crippen LogP contribution in [-0.4, -0.2) is 33.6 Å². The summed E-state index contributed by atoms with van der Waals surface area (Å²) in [5, 5.41) is 10.9. The first-order valence-electron chi connectivity index (χ1n) is 16.3. The molecule has 4 aliphatic rings. The lowest BCUT2D eigenvalue weighted by atomic mass is 9.49. The van der Waals surface area contributed by atoms with Gasteiger partial charge in [0.25, 0.3) is 0 Å². The number of benzene rings is 4. The van der Waals surface area contributed by atoms with Crippen molar-refractivity contribution in [3.8, 4) is 5.75 Å². The monoisotopic (exact) mass is 656 g/mol. The van der Waals surface area contributed by atoms with E-state index in [9.17, 15) is 19.5 Å². The topological polar surface area (TPSA) is 95.0 Å². The van der Waals surface area contributed by atoms with Crippen LogP contribution in [0.25, 0.3) is 0 Å². The number of carbonyl (C=O) groups excluding carboxylic acids is 4. The van der Waals surface area contributed by atoms with Gasteiger partial charge in [0.1, 0.15) is 5.75 Å². The summed E-state index contributed by atoms with van der Waals surface area (Å²) in [6.07, 6.45) is 2.64. The van der Waals surface area contributed by atoms with Gasteiger partial charge in [-0.1, -0.05) is 102 Å². The molecule has 2 aliphatic carbocycles. The minimum absolute atomic E-state index is 0.122. The molecule has 3 fully saturated rings. The first-order chi connectivity index (χ1) is 23.2. The van der Waals surface area contributed by atoms with Crippen LogP contribution < -0.4 is 4.90 Å². The van der Waals surface area contributed by atoms with E-state index in [1.165, 1.54) is 9.80 Å². The van der Waals surface area contributed by atoms with Crippen molar-refractivity contribution in [2.24, 2.45) is 23.7 Å². The first-order valence-corrected chi connectivity index (χ1v) is 16.7. The molecule has 1 N–H and O–H groups in total. The summed E-state index contributed by atoms with van der Waals surface area (Å²) in [4.78, 5) is 60.9. The van der Waals surface area contributed by atoms with Gasteiger partial charge in [-0.2, -0.15) is 0 Å². The number of amides is 4. The summed E-state index contributed by atoms with van der Waals surface area (Å²) in [7, 11) is 0. The van der Waals surface area contributed by atoms with Crippen LogP contribution in [0.15, 0.2) is 115 Å². The van der Waals surface area contributed by atoms with Gasteiger partial charge in [0.15, 0.2) is 0 Å². The molecule has 0 aromatic heterocycles. The number of rotatable bonds is 5. The van der Waals surface area contributed by atoms with Crippen LogP contribution in [0.2, 0.25) is 5.02 Å². The molecule has 0 bridgehead atoms. The second kappa shape index (κ2) is 11.3. The van der Waals surface area contributed by atoms with Crippen LogP contribution in [0.1, 0.15) is 41.0 Å². The lowest BCUT2D eigenvalue weighted by Gasteiger charge is -2.50. The van der Waals surface area contributed by atoms with Crippen LogP contribution in [-0.2, 0) is 31.1 Å². The Balaban J connectivity index is 1.33. The van der Waals surface area contributed by atoms with Gasteiger partial charge in [-0.05, 0) is 72.2 Å². The number of aromatic hydroxyl groups is 1. The summed E-state index contributed by atoms with van der Waals surface area (Å²) >= 11 is 6.39. The third kappa shape index (κ3) is 4.33. The van der Waals surface area contributed by atoms with Crippen LogP contribution >= 0.6 is 11.6 Å². The molecule has 2 heterocycles. The normalized spacial score (nSPS) is 27.9. The van der Waals surface area contributed by atoms with E-state index in [-0.39, 0.29) is 42.3 Å². The number of imide groups is 2. The SMILES string of the molecule is Cc1cc([C@H]2C3=CC[C@@H]4C(=O)N(Cc5ccccc5)C(=O)[C@@H]4[C@@H]3C[C@H]3C(=O)N(c4cccc(Cl)c4)C(=O)[C@@]23c2ccccc2)ccc1O. The standard InChI is InChI=1S/C40H33ClN2O5/c1-23-19-25(15-18-33(23)44)35-29-16-17-30-34(38(47)42(36(30)45)22-24-9-4-2-5-10-24)31(29)21-32-37(46)43(28-14-8-13-27(41)20-28)39(48)40(32,35)26-11-6-3-7-12-26/h2-16,18-20,30-32,34-35,44H,17,21-22H2,1H3/t30-,31+,32-,34-,35-,40+/m0/s1. The Bertz CT molecular complexity index is 2030. The summed E-state index contributed by atoms with van der Waals surface area (Å²) in [6, 6.07) is 30.9. The Hall–Kier alpha value is -5.01. The number of allylic oxidation sites excluding steroid dienone is 2. The van der Waals surface area contributed by atoms with E-state index in [2.05, 4.69) is 6.08 Å². The largest absolute Gasteiger partial charge is 0.508 e. The maximum Gasteiger partial charge on any atom is 0.246 e. The Kier molecular flexibility index (Phi) is 7.15. The number of fused-ring (bicyclic) bond motifs is 4. The van der Waals surface area contributed by atoms with E-state index in [0.717, 1.165) is 16.7 Å². The molecule has 4 aromatic rings. The van der Waals surface area contributed by atoms with Gasteiger partial charge in [0.2, 0.25) is 23.6 Å². The summed E-state index contributed by atoms with van der Waals surface area (Å²) < 4.78 is 0. The molecule has 0 unspecified atom stereocenters. The van der Waals surface area contributed by atoms with Crippen molar-refractivity contribution in [1.29, 1.82) is 0 Å². The molecule has 8 heteroatoms. The Morgan fingerprint density at radius 2 is 1.54 bits per heavy atom. The fourth-order valence-electron chi connectivity index (χ4n) is 8.96. The van der Waals surface area contributed by atoms with Crippen molar-refractivity contribution < 1.29 is 24.3 Å². The van der Waals surface area contributed by atoms with Gasteiger partial charge in [-0.3, -0.25) is 24.1 Å².